The first-order valence-electron chi connectivity index (χ1n) is 6.88. The van der Waals surface area contributed by atoms with E-state index in [0.29, 0.717) is 5.91 Å². The van der Waals surface area contributed by atoms with Crippen LogP contribution >= 0.6 is 0 Å². The molecule has 0 radical (unpaired) electrons. The highest BCUT2D eigenvalue weighted by molar-refractivity contribution is 5.87. The van der Waals surface area contributed by atoms with Crippen molar-refractivity contribution in [1.29, 1.82) is 0 Å². The van der Waals surface area contributed by atoms with Gasteiger partial charge < -0.3 is 10.2 Å². The summed E-state index contributed by atoms with van der Waals surface area (Å²) in [6.07, 6.45) is 7.42. The zero-order valence-electron chi connectivity index (χ0n) is 11.1. The Morgan fingerprint density at radius 2 is 2.41 bits per heavy atom. The Morgan fingerprint density at radius 1 is 1.59 bits per heavy atom. The molecular weight excluding hydrogens is 212 g/mol. The number of nitrogens with one attached hydrogen (secondary N) is 1. The van der Waals surface area contributed by atoms with Crippen LogP contribution in [0.4, 0.5) is 0 Å². The fourth-order valence-electron chi connectivity index (χ4n) is 2.99. The van der Waals surface area contributed by atoms with Crippen LogP contribution in [-0.4, -0.2) is 36.0 Å². The second kappa shape index (κ2) is 5.21. The molecule has 2 rings (SSSR count). The molecule has 17 heavy (non-hydrogen) atoms. The normalized spacial score (nSPS) is 29.3. The minimum Gasteiger partial charge on any atom is -0.337 e. The van der Waals surface area contributed by atoms with E-state index >= 15 is 0 Å². The molecular formula is C14H24N2O. The lowest BCUT2D eigenvalue weighted by molar-refractivity contribution is -0.137. The van der Waals surface area contributed by atoms with Crippen molar-refractivity contribution in [3.05, 3.63) is 11.6 Å². The summed E-state index contributed by atoms with van der Waals surface area (Å²) in [6.45, 7) is 7.01. The fraction of sp³-hybridized carbons (Fsp3) is 0.786. The highest BCUT2D eigenvalue weighted by atomic mass is 16.2. The maximum Gasteiger partial charge on any atom is 0.243 e. The van der Waals surface area contributed by atoms with Crippen molar-refractivity contribution in [3.8, 4) is 0 Å². The van der Waals surface area contributed by atoms with E-state index in [1.165, 1.54) is 5.57 Å². The average Bonchev–Trinajstić information content (AvgIpc) is 2.79. The van der Waals surface area contributed by atoms with Gasteiger partial charge in [-0.25, -0.2) is 0 Å². The molecule has 2 aliphatic rings. The van der Waals surface area contributed by atoms with E-state index in [2.05, 4.69) is 25.2 Å². The highest BCUT2D eigenvalue weighted by Crippen LogP contribution is 2.28. The lowest BCUT2D eigenvalue weighted by atomic mass is 9.89. The largest absolute Gasteiger partial charge is 0.337 e. The molecule has 1 atom stereocenters. The van der Waals surface area contributed by atoms with Gasteiger partial charge in [-0.3, -0.25) is 4.79 Å². The zero-order valence-corrected chi connectivity index (χ0v) is 11.1. The Morgan fingerprint density at radius 3 is 2.94 bits per heavy atom. The number of hydrogen-bond donors (Lipinski definition) is 1. The summed E-state index contributed by atoms with van der Waals surface area (Å²) in [4.78, 5) is 14.7. The third-order valence-electron chi connectivity index (χ3n) is 4.05. The average molecular weight is 236 g/mol. The summed E-state index contributed by atoms with van der Waals surface area (Å²) in [5, 5.41) is 3.47. The van der Waals surface area contributed by atoms with Crippen molar-refractivity contribution in [1.82, 2.24) is 10.2 Å². The van der Waals surface area contributed by atoms with Gasteiger partial charge >= 0.3 is 0 Å². The van der Waals surface area contributed by atoms with E-state index in [-0.39, 0.29) is 5.54 Å². The summed E-state index contributed by atoms with van der Waals surface area (Å²) in [7, 11) is 0. The predicted octanol–water partition coefficient (Wildman–Crippen LogP) is 2.09. The summed E-state index contributed by atoms with van der Waals surface area (Å²) < 4.78 is 0. The SMILES string of the molecule is CCCC1(C(=O)N2CC=C(C)CC2)CCCN1. The lowest BCUT2D eigenvalue weighted by Crippen LogP contribution is -2.55. The number of carbonyl (C=O) groups is 1. The van der Waals surface area contributed by atoms with Crippen LogP contribution in [-0.2, 0) is 4.79 Å². The molecule has 0 aromatic rings. The van der Waals surface area contributed by atoms with Gasteiger partial charge in [0.2, 0.25) is 5.91 Å². The molecule has 0 aromatic heterocycles. The van der Waals surface area contributed by atoms with Gasteiger partial charge in [-0.05, 0) is 39.2 Å². The summed E-state index contributed by atoms with van der Waals surface area (Å²) >= 11 is 0. The van der Waals surface area contributed by atoms with Crippen molar-refractivity contribution in [2.45, 2.75) is 51.5 Å². The molecule has 1 amide bonds. The second-order valence-electron chi connectivity index (χ2n) is 5.41. The minimum absolute atomic E-state index is 0.242. The summed E-state index contributed by atoms with van der Waals surface area (Å²) in [5.41, 5.74) is 1.17. The first-order chi connectivity index (χ1) is 8.18. The van der Waals surface area contributed by atoms with E-state index in [1.54, 1.807) is 0 Å². The van der Waals surface area contributed by atoms with Crippen LogP contribution in [0.25, 0.3) is 0 Å². The lowest BCUT2D eigenvalue weighted by Gasteiger charge is -2.35. The van der Waals surface area contributed by atoms with E-state index in [0.717, 1.165) is 51.7 Å². The maximum atomic E-state index is 12.7. The van der Waals surface area contributed by atoms with Crippen LogP contribution < -0.4 is 5.32 Å². The number of rotatable bonds is 3. The molecule has 2 aliphatic heterocycles. The van der Waals surface area contributed by atoms with Gasteiger partial charge in [0.05, 0.1) is 5.54 Å². The molecule has 0 saturated carbocycles. The molecule has 1 fully saturated rings. The molecule has 96 valence electrons. The van der Waals surface area contributed by atoms with Gasteiger partial charge in [-0.15, -0.1) is 0 Å². The molecule has 2 heterocycles. The Balaban J connectivity index is 2.06. The molecule has 0 bridgehead atoms. The molecule has 3 nitrogen and oxygen atoms in total. The van der Waals surface area contributed by atoms with E-state index in [9.17, 15) is 4.79 Å². The summed E-state index contributed by atoms with van der Waals surface area (Å²) in [5.74, 6) is 0.334. The van der Waals surface area contributed by atoms with Crippen molar-refractivity contribution in [2.24, 2.45) is 0 Å². The van der Waals surface area contributed by atoms with Gasteiger partial charge in [0.1, 0.15) is 0 Å². The van der Waals surface area contributed by atoms with Crippen LogP contribution in [0.5, 0.6) is 0 Å². The first kappa shape index (κ1) is 12.6. The van der Waals surface area contributed by atoms with Gasteiger partial charge in [-0.2, -0.15) is 0 Å². The van der Waals surface area contributed by atoms with Crippen molar-refractivity contribution in [2.75, 3.05) is 19.6 Å². The van der Waals surface area contributed by atoms with E-state index in [4.69, 9.17) is 0 Å². The molecule has 0 spiro atoms. The van der Waals surface area contributed by atoms with Crippen molar-refractivity contribution in [3.63, 3.8) is 0 Å². The van der Waals surface area contributed by atoms with Crippen LogP contribution in [0.3, 0.4) is 0 Å². The summed E-state index contributed by atoms with van der Waals surface area (Å²) in [6, 6.07) is 0. The van der Waals surface area contributed by atoms with Gasteiger partial charge in [-0.1, -0.05) is 25.0 Å². The number of amides is 1. The fourth-order valence-corrected chi connectivity index (χ4v) is 2.99. The monoisotopic (exact) mass is 236 g/mol. The van der Waals surface area contributed by atoms with Crippen LogP contribution in [0, 0.1) is 0 Å². The minimum atomic E-state index is -0.242. The van der Waals surface area contributed by atoms with Crippen LogP contribution in [0.2, 0.25) is 0 Å². The number of hydrogen-bond acceptors (Lipinski definition) is 2. The van der Waals surface area contributed by atoms with Crippen molar-refractivity contribution < 1.29 is 4.79 Å². The van der Waals surface area contributed by atoms with Gasteiger partial charge in [0, 0.05) is 13.1 Å². The molecule has 1 unspecified atom stereocenters. The van der Waals surface area contributed by atoms with Gasteiger partial charge in [0.15, 0.2) is 0 Å². The molecule has 1 N–H and O–H groups in total. The van der Waals surface area contributed by atoms with E-state index < -0.39 is 0 Å². The van der Waals surface area contributed by atoms with Crippen molar-refractivity contribution >= 4 is 5.91 Å². The standard InChI is InChI=1S/C14H24N2O/c1-3-7-14(8-4-9-15-14)13(17)16-10-5-12(2)6-11-16/h5,15H,3-4,6-11H2,1-2H3. The third kappa shape index (κ3) is 2.54. The first-order valence-corrected chi connectivity index (χ1v) is 6.88. The molecule has 0 aliphatic carbocycles. The molecule has 0 aromatic carbocycles. The third-order valence-corrected chi connectivity index (χ3v) is 4.05. The van der Waals surface area contributed by atoms with E-state index in [1.807, 2.05) is 4.90 Å². The molecule has 3 heteroatoms. The number of carbonyl (C=O) groups excluding carboxylic acids is 1. The Hall–Kier alpha value is -0.830. The van der Waals surface area contributed by atoms with Crippen LogP contribution in [0.15, 0.2) is 11.6 Å². The molecule has 1 saturated heterocycles. The Bertz CT molecular complexity index is 316. The smallest absolute Gasteiger partial charge is 0.243 e. The second-order valence-corrected chi connectivity index (χ2v) is 5.41. The highest BCUT2D eigenvalue weighted by Gasteiger charge is 2.42. The van der Waals surface area contributed by atoms with Gasteiger partial charge in [0.25, 0.3) is 0 Å². The quantitative estimate of drug-likeness (QED) is 0.761. The zero-order chi connectivity index (χ0) is 12.3. The Kier molecular flexibility index (Phi) is 3.87. The number of nitrogens with zero attached hydrogens (tertiary/aromatic N) is 1. The maximum absolute atomic E-state index is 12.7. The van der Waals surface area contributed by atoms with Crippen LogP contribution in [0.1, 0.15) is 46.0 Å². The Labute approximate surface area is 104 Å². The topological polar surface area (TPSA) is 32.3 Å². The predicted molar refractivity (Wildman–Crippen MR) is 69.8 cm³/mol.